The fraction of sp³-hybridized carbons (Fsp3) is 0.533. The summed E-state index contributed by atoms with van der Waals surface area (Å²) in [6, 6.07) is 5.07. The Morgan fingerprint density at radius 2 is 2.05 bits per heavy atom. The highest BCUT2D eigenvalue weighted by Crippen LogP contribution is 2.20. The fourth-order valence-corrected chi connectivity index (χ4v) is 2.19. The second-order valence-electron chi connectivity index (χ2n) is 6.04. The maximum absolute atomic E-state index is 12.2. The van der Waals surface area contributed by atoms with E-state index in [0.717, 1.165) is 6.54 Å². The highest BCUT2D eigenvalue weighted by atomic mass is 16.5. The van der Waals surface area contributed by atoms with Crippen molar-refractivity contribution < 1.29 is 9.53 Å². The third kappa shape index (κ3) is 4.74. The molecular weight excluding hydrogens is 254 g/mol. The molecule has 0 radical (unpaired) electrons. The van der Waals surface area contributed by atoms with Crippen molar-refractivity contribution in [3.63, 3.8) is 0 Å². The first-order chi connectivity index (χ1) is 9.25. The van der Waals surface area contributed by atoms with Crippen molar-refractivity contribution in [2.45, 2.75) is 13.8 Å². The molecule has 0 aromatic heterocycles. The Kier molecular flexibility index (Phi) is 5.39. The van der Waals surface area contributed by atoms with Gasteiger partial charge in [-0.05, 0) is 37.7 Å². The number of nitrogen functional groups attached to an aromatic ring is 1. The molecule has 1 aromatic rings. The zero-order chi connectivity index (χ0) is 15.3. The number of hydrogen-bond acceptors (Lipinski definition) is 4. The first-order valence-corrected chi connectivity index (χ1v) is 6.61. The lowest BCUT2D eigenvalue weighted by atomic mass is 9.93. The summed E-state index contributed by atoms with van der Waals surface area (Å²) in [4.78, 5) is 14.3. The van der Waals surface area contributed by atoms with Gasteiger partial charge < -0.3 is 20.7 Å². The third-order valence-electron chi connectivity index (χ3n) is 2.98. The molecule has 5 nitrogen and oxygen atoms in total. The highest BCUT2D eigenvalue weighted by Gasteiger charge is 2.21. The Hall–Kier alpha value is -1.75. The Morgan fingerprint density at radius 3 is 2.60 bits per heavy atom. The standard InChI is InChI=1S/C15H25N3O2/c1-15(2,10-18(3)4)9-17-14(19)12-8-11(20-5)6-7-13(12)16/h6-8H,9-10,16H2,1-5H3,(H,17,19). The molecule has 0 bridgehead atoms. The maximum atomic E-state index is 12.2. The highest BCUT2D eigenvalue weighted by molar-refractivity contribution is 5.99. The molecule has 1 aromatic carbocycles. The summed E-state index contributed by atoms with van der Waals surface area (Å²) in [6.45, 7) is 5.70. The van der Waals surface area contributed by atoms with Crippen molar-refractivity contribution in [3.8, 4) is 5.75 Å². The summed E-state index contributed by atoms with van der Waals surface area (Å²) in [5.74, 6) is 0.449. The average molecular weight is 279 g/mol. The van der Waals surface area contributed by atoms with E-state index < -0.39 is 0 Å². The van der Waals surface area contributed by atoms with Crippen LogP contribution in [-0.2, 0) is 0 Å². The number of benzene rings is 1. The summed E-state index contributed by atoms with van der Waals surface area (Å²) in [6.07, 6.45) is 0. The number of rotatable bonds is 6. The Balaban J connectivity index is 2.72. The van der Waals surface area contributed by atoms with E-state index in [1.54, 1.807) is 25.3 Å². The topological polar surface area (TPSA) is 67.6 Å². The molecule has 0 aliphatic heterocycles. The van der Waals surface area contributed by atoms with Crippen LogP contribution in [0.1, 0.15) is 24.2 Å². The van der Waals surface area contributed by atoms with E-state index in [1.807, 2.05) is 14.1 Å². The Labute approximate surface area is 121 Å². The number of carbonyl (C=O) groups is 1. The van der Waals surface area contributed by atoms with Gasteiger partial charge in [0, 0.05) is 18.8 Å². The van der Waals surface area contributed by atoms with Crippen LogP contribution >= 0.6 is 0 Å². The largest absolute Gasteiger partial charge is 0.497 e. The number of nitrogens with two attached hydrogens (primary N) is 1. The number of methoxy groups -OCH3 is 1. The minimum Gasteiger partial charge on any atom is -0.497 e. The van der Waals surface area contributed by atoms with Crippen LogP contribution in [-0.4, -0.2) is 45.1 Å². The number of nitrogens with zero attached hydrogens (tertiary/aromatic N) is 1. The number of anilines is 1. The Bertz CT molecular complexity index is 470. The first kappa shape index (κ1) is 16.3. The summed E-state index contributed by atoms with van der Waals surface area (Å²) in [5, 5.41) is 2.94. The molecule has 1 rings (SSSR count). The second-order valence-corrected chi connectivity index (χ2v) is 6.04. The molecule has 0 atom stereocenters. The lowest BCUT2D eigenvalue weighted by Crippen LogP contribution is -2.40. The number of ether oxygens (including phenoxy) is 1. The SMILES string of the molecule is COc1ccc(N)c(C(=O)NCC(C)(C)CN(C)C)c1. The number of carbonyl (C=O) groups excluding carboxylic acids is 1. The second kappa shape index (κ2) is 6.61. The van der Waals surface area contributed by atoms with Crippen molar-refractivity contribution >= 4 is 11.6 Å². The maximum Gasteiger partial charge on any atom is 0.253 e. The van der Waals surface area contributed by atoms with Gasteiger partial charge in [0.1, 0.15) is 5.75 Å². The van der Waals surface area contributed by atoms with Gasteiger partial charge in [-0.1, -0.05) is 13.8 Å². The molecule has 0 saturated carbocycles. The van der Waals surface area contributed by atoms with Crippen LogP contribution in [0.2, 0.25) is 0 Å². The van der Waals surface area contributed by atoms with Gasteiger partial charge in [-0.25, -0.2) is 0 Å². The van der Waals surface area contributed by atoms with Crippen molar-refractivity contribution in [2.75, 3.05) is 40.0 Å². The number of hydrogen-bond donors (Lipinski definition) is 2. The molecule has 3 N–H and O–H groups in total. The predicted molar refractivity (Wildman–Crippen MR) is 82.1 cm³/mol. The van der Waals surface area contributed by atoms with Gasteiger partial charge >= 0.3 is 0 Å². The number of amides is 1. The zero-order valence-electron chi connectivity index (χ0n) is 13.0. The van der Waals surface area contributed by atoms with Crippen LogP contribution in [0.5, 0.6) is 5.75 Å². The fourth-order valence-electron chi connectivity index (χ4n) is 2.19. The van der Waals surface area contributed by atoms with Crippen molar-refractivity contribution in [2.24, 2.45) is 5.41 Å². The van der Waals surface area contributed by atoms with E-state index in [-0.39, 0.29) is 11.3 Å². The van der Waals surface area contributed by atoms with Crippen LogP contribution in [0.15, 0.2) is 18.2 Å². The van der Waals surface area contributed by atoms with Crippen LogP contribution < -0.4 is 15.8 Å². The van der Waals surface area contributed by atoms with Gasteiger partial charge in [-0.2, -0.15) is 0 Å². The molecule has 0 aliphatic carbocycles. The van der Waals surface area contributed by atoms with Gasteiger partial charge in [-0.15, -0.1) is 0 Å². The lowest BCUT2D eigenvalue weighted by molar-refractivity contribution is 0.0930. The molecule has 0 spiro atoms. The zero-order valence-corrected chi connectivity index (χ0v) is 13.0. The summed E-state index contributed by atoms with van der Waals surface area (Å²) in [5.41, 5.74) is 6.73. The first-order valence-electron chi connectivity index (χ1n) is 6.61. The van der Waals surface area contributed by atoms with Gasteiger partial charge in [0.05, 0.1) is 12.7 Å². The van der Waals surface area contributed by atoms with Crippen molar-refractivity contribution in [1.29, 1.82) is 0 Å². The van der Waals surface area contributed by atoms with Crippen LogP contribution in [0.4, 0.5) is 5.69 Å². The van der Waals surface area contributed by atoms with E-state index in [9.17, 15) is 4.79 Å². The molecule has 5 heteroatoms. The molecule has 0 aliphatic rings. The minimum absolute atomic E-state index is 0.00715. The van der Waals surface area contributed by atoms with Crippen molar-refractivity contribution in [1.82, 2.24) is 10.2 Å². The quantitative estimate of drug-likeness (QED) is 0.776. The molecule has 20 heavy (non-hydrogen) atoms. The molecule has 0 heterocycles. The van der Waals surface area contributed by atoms with Gasteiger partial charge in [0.2, 0.25) is 0 Å². The summed E-state index contributed by atoms with van der Waals surface area (Å²) in [7, 11) is 5.60. The van der Waals surface area contributed by atoms with Crippen LogP contribution in [0, 0.1) is 5.41 Å². The Morgan fingerprint density at radius 1 is 1.40 bits per heavy atom. The van der Waals surface area contributed by atoms with E-state index >= 15 is 0 Å². The number of nitrogens with one attached hydrogen (secondary N) is 1. The van der Waals surface area contributed by atoms with Crippen LogP contribution in [0.3, 0.4) is 0 Å². The molecule has 0 unspecified atom stereocenters. The van der Waals surface area contributed by atoms with Gasteiger partial charge in [0.25, 0.3) is 5.91 Å². The van der Waals surface area contributed by atoms with Crippen molar-refractivity contribution in [3.05, 3.63) is 23.8 Å². The third-order valence-corrected chi connectivity index (χ3v) is 2.98. The summed E-state index contributed by atoms with van der Waals surface area (Å²) >= 11 is 0. The molecular formula is C15H25N3O2. The normalized spacial score (nSPS) is 11.5. The summed E-state index contributed by atoms with van der Waals surface area (Å²) < 4.78 is 5.12. The van der Waals surface area contributed by atoms with Crippen LogP contribution in [0.25, 0.3) is 0 Å². The minimum atomic E-state index is -0.173. The average Bonchev–Trinajstić information content (AvgIpc) is 2.35. The lowest BCUT2D eigenvalue weighted by Gasteiger charge is -2.28. The predicted octanol–water partition coefficient (Wildman–Crippen LogP) is 1.59. The van der Waals surface area contributed by atoms with Gasteiger partial charge in [0.15, 0.2) is 0 Å². The molecule has 0 saturated heterocycles. The smallest absolute Gasteiger partial charge is 0.253 e. The van der Waals surface area contributed by atoms with Gasteiger partial charge in [-0.3, -0.25) is 4.79 Å². The van der Waals surface area contributed by atoms with E-state index in [1.165, 1.54) is 0 Å². The van der Waals surface area contributed by atoms with E-state index in [0.29, 0.717) is 23.5 Å². The van der Waals surface area contributed by atoms with E-state index in [4.69, 9.17) is 10.5 Å². The van der Waals surface area contributed by atoms with E-state index in [2.05, 4.69) is 24.1 Å². The molecule has 0 fully saturated rings. The molecule has 1 amide bonds. The molecule has 112 valence electrons. The monoisotopic (exact) mass is 279 g/mol.